The lowest BCUT2D eigenvalue weighted by atomic mass is 9.63. The number of aryl methyl sites for hydroxylation is 1. The van der Waals surface area contributed by atoms with Crippen molar-refractivity contribution >= 4 is 5.91 Å². The summed E-state index contributed by atoms with van der Waals surface area (Å²) in [7, 11) is 4.00. The highest BCUT2D eigenvalue weighted by atomic mass is 16.3. The molecule has 7 heteroatoms. The first-order valence-corrected chi connectivity index (χ1v) is 9.33. The van der Waals surface area contributed by atoms with Gasteiger partial charge in [0.1, 0.15) is 0 Å². The van der Waals surface area contributed by atoms with Crippen LogP contribution in [0.3, 0.4) is 0 Å². The topological polar surface area (TPSA) is 73.6 Å². The molecule has 2 N–H and O–H groups in total. The molecule has 1 amide bonds. The van der Waals surface area contributed by atoms with Crippen LogP contribution in [0.5, 0.6) is 0 Å². The smallest absolute Gasteiger partial charge is 0.223 e. The number of aliphatic hydroxyl groups is 1. The molecule has 2 aliphatic rings. The fourth-order valence-electron chi connectivity index (χ4n) is 3.98. The van der Waals surface area contributed by atoms with Gasteiger partial charge in [-0.2, -0.15) is 5.10 Å². The fraction of sp³-hybridized carbons (Fsp3) is 0.778. The lowest BCUT2D eigenvalue weighted by molar-refractivity contribution is -0.132. The van der Waals surface area contributed by atoms with E-state index in [0.29, 0.717) is 13.0 Å². The van der Waals surface area contributed by atoms with Crippen LogP contribution in [0, 0.1) is 5.41 Å². The van der Waals surface area contributed by atoms with Crippen molar-refractivity contribution in [3.8, 4) is 0 Å². The molecular formula is C18H31N5O2. The minimum absolute atomic E-state index is 0.0558. The van der Waals surface area contributed by atoms with Crippen LogP contribution >= 0.6 is 0 Å². The summed E-state index contributed by atoms with van der Waals surface area (Å²) in [6.07, 6.45) is 7.57. The molecule has 1 aromatic rings. The van der Waals surface area contributed by atoms with Crippen LogP contribution in [-0.4, -0.2) is 77.0 Å². The molecule has 1 aromatic heterocycles. The van der Waals surface area contributed by atoms with Gasteiger partial charge in [-0.15, -0.1) is 0 Å². The molecule has 25 heavy (non-hydrogen) atoms. The number of hydrogen-bond donors (Lipinski definition) is 2. The Morgan fingerprint density at radius 2 is 2.04 bits per heavy atom. The van der Waals surface area contributed by atoms with Crippen molar-refractivity contribution in [1.29, 1.82) is 0 Å². The second kappa shape index (κ2) is 7.85. The summed E-state index contributed by atoms with van der Waals surface area (Å²) >= 11 is 0. The Kier molecular flexibility index (Phi) is 5.76. The average Bonchev–Trinajstić information content (AvgIpc) is 2.99. The number of carbonyl (C=O) groups is 1. The van der Waals surface area contributed by atoms with Crippen molar-refractivity contribution in [3.05, 3.63) is 18.0 Å². The van der Waals surface area contributed by atoms with Gasteiger partial charge in [-0.3, -0.25) is 9.48 Å². The minimum Gasteiger partial charge on any atom is -0.396 e. The third-order valence-electron chi connectivity index (χ3n) is 5.88. The summed E-state index contributed by atoms with van der Waals surface area (Å²) in [6, 6.07) is 0.0558. The average molecular weight is 349 g/mol. The predicted octanol–water partition coefficient (Wildman–Crippen LogP) is 0.378. The van der Waals surface area contributed by atoms with E-state index in [-0.39, 0.29) is 24.0 Å². The number of amides is 1. The predicted molar refractivity (Wildman–Crippen MR) is 96.0 cm³/mol. The number of hydrogen-bond acceptors (Lipinski definition) is 5. The summed E-state index contributed by atoms with van der Waals surface area (Å²) in [6.45, 7) is 4.35. The fourth-order valence-corrected chi connectivity index (χ4v) is 3.98. The van der Waals surface area contributed by atoms with E-state index in [2.05, 4.69) is 22.4 Å². The van der Waals surface area contributed by atoms with Gasteiger partial charge in [0.2, 0.25) is 5.91 Å². The van der Waals surface area contributed by atoms with Crippen molar-refractivity contribution in [2.45, 2.75) is 31.7 Å². The molecule has 2 fully saturated rings. The molecule has 2 heterocycles. The number of aliphatic hydroxyl groups excluding tert-OH is 1. The van der Waals surface area contributed by atoms with E-state index in [0.717, 1.165) is 51.0 Å². The van der Waals surface area contributed by atoms with E-state index < -0.39 is 0 Å². The van der Waals surface area contributed by atoms with Gasteiger partial charge in [-0.1, -0.05) is 6.42 Å². The molecule has 140 valence electrons. The van der Waals surface area contributed by atoms with E-state index in [4.69, 9.17) is 0 Å². The molecular weight excluding hydrogens is 318 g/mol. The first kappa shape index (κ1) is 18.4. The first-order valence-electron chi connectivity index (χ1n) is 9.33. The lowest BCUT2D eigenvalue weighted by Crippen LogP contribution is -2.49. The number of nitrogens with one attached hydrogen (secondary N) is 1. The molecule has 0 spiro atoms. The van der Waals surface area contributed by atoms with Crippen LogP contribution in [0.1, 0.15) is 37.3 Å². The molecule has 7 nitrogen and oxygen atoms in total. The quantitative estimate of drug-likeness (QED) is 0.744. The zero-order valence-corrected chi connectivity index (χ0v) is 15.4. The molecule has 0 unspecified atom stereocenters. The van der Waals surface area contributed by atoms with Gasteiger partial charge >= 0.3 is 0 Å². The Morgan fingerprint density at radius 3 is 2.56 bits per heavy atom. The summed E-state index contributed by atoms with van der Waals surface area (Å²) in [5.41, 5.74) is 0.989. The van der Waals surface area contributed by atoms with Gasteiger partial charge in [0.05, 0.1) is 12.8 Å². The number of aromatic nitrogens is 2. The Hall–Kier alpha value is -1.44. The zero-order chi connectivity index (χ0) is 17.9. The van der Waals surface area contributed by atoms with Crippen molar-refractivity contribution in [3.63, 3.8) is 0 Å². The second-order valence-electron chi connectivity index (χ2n) is 7.64. The van der Waals surface area contributed by atoms with Gasteiger partial charge < -0.3 is 20.2 Å². The number of piperazine rings is 1. The molecule has 1 atom stereocenters. The molecule has 1 saturated carbocycles. The van der Waals surface area contributed by atoms with Crippen LogP contribution in [0.25, 0.3) is 0 Å². The molecule has 1 saturated heterocycles. The highest BCUT2D eigenvalue weighted by Gasteiger charge is 2.44. The number of carbonyl (C=O) groups excluding carboxylic acids is 1. The van der Waals surface area contributed by atoms with E-state index in [1.165, 1.54) is 0 Å². The molecule has 1 aliphatic heterocycles. The summed E-state index contributed by atoms with van der Waals surface area (Å²) in [4.78, 5) is 16.6. The third-order valence-corrected chi connectivity index (χ3v) is 5.88. The highest BCUT2D eigenvalue weighted by molar-refractivity contribution is 5.76. The molecule has 0 aromatic carbocycles. The van der Waals surface area contributed by atoms with Crippen LogP contribution < -0.4 is 5.32 Å². The van der Waals surface area contributed by atoms with Crippen molar-refractivity contribution in [1.82, 2.24) is 24.9 Å². The van der Waals surface area contributed by atoms with Crippen LogP contribution in [-0.2, 0) is 11.8 Å². The van der Waals surface area contributed by atoms with Gasteiger partial charge in [-0.05, 0) is 19.9 Å². The Balaban J connectivity index is 1.57. The highest BCUT2D eigenvalue weighted by Crippen LogP contribution is 2.49. The largest absolute Gasteiger partial charge is 0.396 e. The van der Waals surface area contributed by atoms with Crippen LogP contribution in [0.2, 0.25) is 0 Å². The van der Waals surface area contributed by atoms with Crippen molar-refractivity contribution in [2.75, 3.05) is 46.4 Å². The van der Waals surface area contributed by atoms with Crippen LogP contribution in [0.4, 0.5) is 0 Å². The van der Waals surface area contributed by atoms with E-state index >= 15 is 0 Å². The molecule has 0 radical (unpaired) electrons. The Labute approximate surface area is 150 Å². The summed E-state index contributed by atoms with van der Waals surface area (Å²) in [5, 5.41) is 17.8. The standard InChI is InChI=1S/C18H31N5O2/c1-21-8-10-23(11-9-21)16(25)4-7-19-17(15-12-20-22(2)13-15)18(14-24)5-3-6-18/h12-13,17,19,24H,3-11,14H2,1-2H3/t17-/m1/s1. The van der Waals surface area contributed by atoms with E-state index in [1.807, 2.05) is 24.3 Å². The van der Waals surface area contributed by atoms with Gasteiger partial charge in [0, 0.05) is 69.4 Å². The van der Waals surface area contributed by atoms with E-state index in [9.17, 15) is 9.90 Å². The van der Waals surface area contributed by atoms with Gasteiger partial charge in [-0.25, -0.2) is 0 Å². The summed E-state index contributed by atoms with van der Waals surface area (Å²) < 4.78 is 1.79. The first-order chi connectivity index (χ1) is 12.0. The van der Waals surface area contributed by atoms with Gasteiger partial charge in [0.15, 0.2) is 0 Å². The van der Waals surface area contributed by atoms with Gasteiger partial charge in [0.25, 0.3) is 0 Å². The van der Waals surface area contributed by atoms with Crippen molar-refractivity contribution in [2.24, 2.45) is 12.5 Å². The molecule has 0 bridgehead atoms. The third kappa shape index (κ3) is 4.04. The maximum absolute atomic E-state index is 12.4. The number of rotatable bonds is 7. The molecule has 1 aliphatic carbocycles. The minimum atomic E-state index is -0.111. The lowest BCUT2D eigenvalue weighted by Gasteiger charge is -2.46. The maximum Gasteiger partial charge on any atom is 0.223 e. The van der Waals surface area contributed by atoms with Crippen molar-refractivity contribution < 1.29 is 9.90 Å². The van der Waals surface area contributed by atoms with E-state index in [1.54, 1.807) is 4.68 Å². The number of likely N-dealkylation sites (N-methyl/N-ethyl adjacent to an activating group) is 1. The molecule has 3 rings (SSSR count). The zero-order valence-electron chi connectivity index (χ0n) is 15.4. The summed E-state index contributed by atoms with van der Waals surface area (Å²) in [5.74, 6) is 0.220. The normalized spacial score (nSPS) is 21.8. The van der Waals surface area contributed by atoms with Crippen LogP contribution in [0.15, 0.2) is 12.4 Å². The SMILES string of the molecule is CN1CCN(C(=O)CCN[C@H](c2cnn(C)c2)C2(CO)CCC2)CC1. The Morgan fingerprint density at radius 1 is 1.32 bits per heavy atom. The second-order valence-corrected chi connectivity index (χ2v) is 7.64. The number of nitrogens with zero attached hydrogens (tertiary/aromatic N) is 4. The maximum atomic E-state index is 12.4. The Bertz CT molecular complexity index is 570. The monoisotopic (exact) mass is 349 g/mol.